The molecule has 0 atom stereocenters. The topological polar surface area (TPSA) is 59.1 Å². The molecule has 0 aliphatic carbocycles. The zero-order valence-corrected chi connectivity index (χ0v) is 11.6. The number of pyridine rings is 1. The van der Waals surface area contributed by atoms with Crippen molar-refractivity contribution >= 4 is 32.5 Å². The van der Waals surface area contributed by atoms with Gasteiger partial charge in [0.05, 0.1) is 10.4 Å². The molecule has 0 unspecified atom stereocenters. The first-order valence-electron chi connectivity index (χ1n) is 5.47. The molecule has 18 heavy (non-hydrogen) atoms. The predicted molar refractivity (Wildman–Crippen MR) is 72.2 cm³/mol. The lowest BCUT2D eigenvalue weighted by Gasteiger charge is -2.10. The molecule has 96 valence electrons. The monoisotopic (exact) mass is 284 g/mol. The van der Waals surface area contributed by atoms with Crippen molar-refractivity contribution < 1.29 is 8.42 Å². The number of sulfonamides is 1. The van der Waals surface area contributed by atoms with Gasteiger partial charge in [-0.15, -0.1) is 0 Å². The molecule has 0 amide bonds. The van der Waals surface area contributed by atoms with E-state index in [1.165, 1.54) is 6.07 Å². The van der Waals surface area contributed by atoms with Gasteiger partial charge in [-0.25, -0.2) is 18.1 Å². The van der Waals surface area contributed by atoms with E-state index < -0.39 is 10.0 Å². The Morgan fingerprint density at radius 1 is 1.22 bits per heavy atom. The standard InChI is InChI=1S/C12H13ClN2O2S/c1-8(2)15-18(16,17)10-4-5-11-9(7-10)3-6-12(13)14-11/h3-8,15H,1-2H3. The van der Waals surface area contributed by atoms with E-state index in [4.69, 9.17) is 11.6 Å². The fraction of sp³-hybridized carbons (Fsp3) is 0.250. The van der Waals surface area contributed by atoms with Crippen molar-refractivity contribution in [2.45, 2.75) is 24.8 Å². The summed E-state index contributed by atoms with van der Waals surface area (Å²) in [6, 6.07) is 8.00. The molecule has 1 N–H and O–H groups in total. The van der Waals surface area contributed by atoms with Gasteiger partial charge in [-0.2, -0.15) is 0 Å². The zero-order valence-electron chi connectivity index (χ0n) is 10.0. The number of nitrogens with zero attached hydrogens (tertiary/aromatic N) is 1. The van der Waals surface area contributed by atoms with E-state index in [1.54, 1.807) is 38.1 Å². The summed E-state index contributed by atoms with van der Waals surface area (Å²) in [5.41, 5.74) is 0.672. The molecule has 2 aromatic rings. The van der Waals surface area contributed by atoms with Crippen LogP contribution in [0.15, 0.2) is 35.2 Å². The third kappa shape index (κ3) is 2.80. The quantitative estimate of drug-likeness (QED) is 0.881. The Bertz CT molecular complexity index is 684. The van der Waals surface area contributed by atoms with Gasteiger partial charge in [-0.05, 0) is 44.2 Å². The Balaban J connectivity index is 2.51. The van der Waals surface area contributed by atoms with Crippen molar-refractivity contribution in [1.82, 2.24) is 9.71 Å². The number of aromatic nitrogens is 1. The highest BCUT2D eigenvalue weighted by molar-refractivity contribution is 7.89. The van der Waals surface area contributed by atoms with Gasteiger partial charge in [0.1, 0.15) is 5.15 Å². The largest absolute Gasteiger partial charge is 0.240 e. The lowest BCUT2D eigenvalue weighted by atomic mass is 10.2. The van der Waals surface area contributed by atoms with E-state index in [0.29, 0.717) is 10.7 Å². The average molecular weight is 285 g/mol. The van der Waals surface area contributed by atoms with Crippen LogP contribution in [0.2, 0.25) is 5.15 Å². The van der Waals surface area contributed by atoms with Crippen molar-refractivity contribution in [3.05, 3.63) is 35.5 Å². The Morgan fingerprint density at radius 3 is 2.61 bits per heavy atom. The lowest BCUT2D eigenvalue weighted by molar-refractivity contribution is 0.570. The minimum absolute atomic E-state index is 0.144. The van der Waals surface area contributed by atoms with Gasteiger partial charge >= 0.3 is 0 Å². The van der Waals surface area contributed by atoms with E-state index in [-0.39, 0.29) is 10.9 Å². The van der Waals surface area contributed by atoms with Gasteiger partial charge in [0.2, 0.25) is 10.0 Å². The van der Waals surface area contributed by atoms with Crippen LogP contribution < -0.4 is 4.72 Å². The summed E-state index contributed by atoms with van der Waals surface area (Å²) in [4.78, 5) is 4.34. The SMILES string of the molecule is CC(C)NS(=O)(=O)c1ccc2nc(Cl)ccc2c1. The van der Waals surface area contributed by atoms with E-state index >= 15 is 0 Å². The fourth-order valence-electron chi connectivity index (χ4n) is 1.62. The van der Waals surface area contributed by atoms with Gasteiger partial charge < -0.3 is 0 Å². The molecule has 0 aliphatic heterocycles. The number of hydrogen-bond acceptors (Lipinski definition) is 3. The van der Waals surface area contributed by atoms with Crippen LogP contribution in [-0.4, -0.2) is 19.4 Å². The number of hydrogen-bond donors (Lipinski definition) is 1. The van der Waals surface area contributed by atoms with Crippen molar-refractivity contribution in [2.24, 2.45) is 0 Å². The smallest absolute Gasteiger partial charge is 0.236 e. The molecule has 2 rings (SSSR count). The Labute approximate surface area is 111 Å². The van der Waals surface area contributed by atoms with Crippen molar-refractivity contribution in [3.8, 4) is 0 Å². The predicted octanol–water partition coefficient (Wildman–Crippen LogP) is 2.57. The number of benzene rings is 1. The summed E-state index contributed by atoms with van der Waals surface area (Å²) in [6.45, 7) is 3.56. The van der Waals surface area contributed by atoms with Crippen LogP contribution in [0.4, 0.5) is 0 Å². The Kier molecular flexibility index (Phi) is 3.56. The van der Waals surface area contributed by atoms with Crippen molar-refractivity contribution in [2.75, 3.05) is 0 Å². The molecule has 0 aliphatic rings. The van der Waals surface area contributed by atoms with Gasteiger partial charge in [-0.3, -0.25) is 0 Å². The first-order valence-corrected chi connectivity index (χ1v) is 7.33. The summed E-state index contributed by atoms with van der Waals surface area (Å²) >= 11 is 5.78. The van der Waals surface area contributed by atoms with Crippen LogP contribution >= 0.6 is 11.6 Å². The molecule has 0 bridgehead atoms. The maximum Gasteiger partial charge on any atom is 0.240 e. The van der Waals surface area contributed by atoms with Crippen LogP contribution in [-0.2, 0) is 10.0 Å². The zero-order chi connectivity index (χ0) is 13.3. The lowest BCUT2D eigenvalue weighted by Crippen LogP contribution is -2.30. The third-order valence-corrected chi connectivity index (χ3v) is 4.19. The molecule has 0 radical (unpaired) electrons. The minimum atomic E-state index is -3.47. The number of nitrogens with one attached hydrogen (secondary N) is 1. The molecular weight excluding hydrogens is 272 g/mol. The molecule has 4 nitrogen and oxygen atoms in total. The van der Waals surface area contributed by atoms with Gasteiger partial charge in [-0.1, -0.05) is 11.6 Å². The number of halogens is 1. The van der Waals surface area contributed by atoms with Crippen molar-refractivity contribution in [1.29, 1.82) is 0 Å². The van der Waals surface area contributed by atoms with Gasteiger partial charge in [0.25, 0.3) is 0 Å². The van der Waals surface area contributed by atoms with E-state index in [9.17, 15) is 8.42 Å². The Morgan fingerprint density at radius 2 is 1.94 bits per heavy atom. The molecule has 6 heteroatoms. The summed E-state index contributed by atoms with van der Waals surface area (Å²) in [6.07, 6.45) is 0. The highest BCUT2D eigenvalue weighted by Crippen LogP contribution is 2.19. The molecule has 0 spiro atoms. The molecule has 1 aromatic carbocycles. The van der Waals surface area contributed by atoms with Crippen molar-refractivity contribution in [3.63, 3.8) is 0 Å². The van der Waals surface area contributed by atoms with Crippen LogP contribution in [0.5, 0.6) is 0 Å². The maximum atomic E-state index is 12.0. The van der Waals surface area contributed by atoms with Gasteiger partial charge in [0, 0.05) is 11.4 Å². The second kappa shape index (κ2) is 4.84. The van der Waals surface area contributed by atoms with Gasteiger partial charge in [0.15, 0.2) is 0 Å². The molecular formula is C12H13ClN2O2S. The molecule has 0 saturated carbocycles. The van der Waals surface area contributed by atoms with E-state index in [0.717, 1.165) is 5.39 Å². The Hall–Kier alpha value is -1.17. The fourth-order valence-corrected chi connectivity index (χ4v) is 3.06. The van der Waals surface area contributed by atoms with Crippen LogP contribution in [0.25, 0.3) is 10.9 Å². The number of fused-ring (bicyclic) bond motifs is 1. The van der Waals surface area contributed by atoms with E-state index in [1.807, 2.05) is 0 Å². The van der Waals surface area contributed by atoms with Crippen LogP contribution in [0.3, 0.4) is 0 Å². The summed E-state index contributed by atoms with van der Waals surface area (Å²) in [7, 11) is -3.47. The molecule has 1 heterocycles. The van der Waals surface area contributed by atoms with E-state index in [2.05, 4.69) is 9.71 Å². The molecule has 0 saturated heterocycles. The molecule has 1 aromatic heterocycles. The van der Waals surface area contributed by atoms with Crippen LogP contribution in [0, 0.1) is 0 Å². The molecule has 0 fully saturated rings. The first-order chi connectivity index (χ1) is 8.38. The first kappa shape index (κ1) is 13.3. The average Bonchev–Trinajstić information content (AvgIpc) is 2.26. The normalized spacial score (nSPS) is 12.2. The highest BCUT2D eigenvalue weighted by atomic mass is 35.5. The second-order valence-corrected chi connectivity index (χ2v) is 6.37. The number of rotatable bonds is 3. The summed E-state index contributed by atoms with van der Waals surface area (Å²) in [5, 5.41) is 1.13. The second-order valence-electron chi connectivity index (χ2n) is 4.26. The third-order valence-electron chi connectivity index (χ3n) is 2.33. The van der Waals surface area contributed by atoms with Crippen LogP contribution in [0.1, 0.15) is 13.8 Å². The minimum Gasteiger partial charge on any atom is -0.236 e. The summed E-state index contributed by atoms with van der Waals surface area (Å²) in [5.74, 6) is 0. The highest BCUT2D eigenvalue weighted by Gasteiger charge is 2.15. The summed E-state index contributed by atoms with van der Waals surface area (Å²) < 4.78 is 26.5. The maximum absolute atomic E-state index is 12.0.